The number of hydrogen-bond donors (Lipinski definition) is 0. The van der Waals surface area contributed by atoms with E-state index in [1.165, 1.54) is 11.6 Å². The smallest absolute Gasteiger partial charge is 0.330 e. The second-order valence-electron chi connectivity index (χ2n) is 3.04. The maximum absolute atomic E-state index is 11.0. The van der Waals surface area contributed by atoms with Gasteiger partial charge in [0.25, 0.3) is 0 Å². The minimum Gasteiger partial charge on any atom is -0.457 e. The second-order valence-corrected chi connectivity index (χ2v) is 5.10. The summed E-state index contributed by atoms with van der Waals surface area (Å²) in [5.41, 5.74) is 1.26. The molecule has 14 heavy (non-hydrogen) atoms. The molecular weight excluding hydrogens is 216 g/mol. The monoisotopic (exact) mass is 230 g/mol. The number of carbonyl (C=O) groups is 1. The number of thioether (sulfide) groups is 2. The van der Waals surface area contributed by atoms with Crippen LogP contribution < -0.4 is 0 Å². The number of rotatable bonds is 2. The largest absolute Gasteiger partial charge is 0.457 e. The van der Waals surface area contributed by atoms with E-state index in [2.05, 4.69) is 13.2 Å². The lowest BCUT2D eigenvalue weighted by Gasteiger charge is -2.19. The molecule has 1 aliphatic heterocycles. The van der Waals surface area contributed by atoms with Crippen LogP contribution in [0.5, 0.6) is 0 Å². The lowest BCUT2D eigenvalue weighted by atomic mass is 10.4. The predicted molar refractivity (Wildman–Crippen MR) is 63.9 cm³/mol. The van der Waals surface area contributed by atoms with Gasteiger partial charge < -0.3 is 4.74 Å². The van der Waals surface area contributed by atoms with Gasteiger partial charge in [-0.2, -0.15) is 23.5 Å². The molecule has 0 unspecified atom stereocenters. The highest BCUT2D eigenvalue weighted by molar-refractivity contribution is 8.01. The molecule has 0 aromatic heterocycles. The van der Waals surface area contributed by atoms with Gasteiger partial charge in [-0.15, -0.1) is 0 Å². The standard InChI is InChI=1S/C10H14O2S2/c1-3-10(11)12-9-6-13-4-8(2)5-14-7-9/h3,9H,1-2,4-7H2. The summed E-state index contributed by atoms with van der Waals surface area (Å²) in [7, 11) is 0. The molecule has 0 aromatic carbocycles. The van der Waals surface area contributed by atoms with Crippen molar-refractivity contribution in [1.82, 2.24) is 0 Å². The molecule has 0 saturated carbocycles. The molecule has 0 radical (unpaired) electrons. The fraction of sp³-hybridized carbons (Fsp3) is 0.500. The van der Waals surface area contributed by atoms with Gasteiger partial charge in [0.15, 0.2) is 0 Å². The summed E-state index contributed by atoms with van der Waals surface area (Å²) in [5, 5.41) is 0. The molecule has 78 valence electrons. The zero-order chi connectivity index (χ0) is 10.4. The van der Waals surface area contributed by atoms with E-state index in [1.807, 2.05) is 0 Å². The Balaban J connectivity index is 2.35. The van der Waals surface area contributed by atoms with E-state index in [4.69, 9.17) is 4.74 Å². The molecule has 1 rings (SSSR count). The molecular formula is C10H14O2S2. The van der Waals surface area contributed by atoms with Gasteiger partial charge in [0, 0.05) is 29.1 Å². The number of hydrogen-bond acceptors (Lipinski definition) is 4. The molecule has 0 spiro atoms. The van der Waals surface area contributed by atoms with Crippen LogP contribution in [-0.2, 0) is 9.53 Å². The maximum Gasteiger partial charge on any atom is 0.330 e. The molecule has 0 atom stereocenters. The van der Waals surface area contributed by atoms with E-state index >= 15 is 0 Å². The van der Waals surface area contributed by atoms with Crippen LogP contribution in [0.2, 0.25) is 0 Å². The van der Waals surface area contributed by atoms with Crippen molar-refractivity contribution in [3.8, 4) is 0 Å². The number of carbonyl (C=O) groups excluding carboxylic acids is 1. The molecule has 0 aliphatic carbocycles. The van der Waals surface area contributed by atoms with Gasteiger partial charge in [0.1, 0.15) is 6.10 Å². The minimum atomic E-state index is -0.324. The van der Waals surface area contributed by atoms with Gasteiger partial charge in [-0.1, -0.05) is 18.7 Å². The Kier molecular flexibility index (Phi) is 5.19. The van der Waals surface area contributed by atoms with Crippen molar-refractivity contribution in [2.24, 2.45) is 0 Å². The van der Waals surface area contributed by atoms with Gasteiger partial charge >= 0.3 is 5.97 Å². The zero-order valence-electron chi connectivity index (χ0n) is 8.03. The highest BCUT2D eigenvalue weighted by atomic mass is 32.2. The van der Waals surface area contributed by atoms with E-state index in [-0.39, 0.29) is 12.1 Å². The third kappa shape index (κ3) is 4.24. The van der Waals surface area contributed by atoms with Gasteiger partial charge in [-0.05, 0) is 0 Å². The van der Waals surface area contributed by atoms with Crippen molar-refractivity contribution in [3.05, 3.63) is 24.8 Å². The summed E-state index contributed by atoms with van der Waals surface area (Å²) in [6.45, 7) is 7.33. The summed E-state index contributed by atoms with van der Waals surface area (Å²) < 4.78 is 5.18. The van der Waals surface area contributed by atoms with E-state index < -0.39 is 0 Å². The van der Waals surface area contributed by atoms with E-state index in [9.17, 15) is 4.79 Å². The Labute approximate surface area is 93.2 Å². The van der Waals surface area contributed by atoms with Crippen molar-refractivity contribution in [1.29, 1.82) is 0 Å². The van der Waals surface area contributed by atoms with E-state index in [0.717, 1.165) is 23.0 Å². The molecule has 1 heterocycles. The average Bonchev–Trinajstić information content (AvgIpc) is 2.14. The van der Waals surface area contributed by atoms with E-state index in [0.29, 0.717) is 0 Å². The van der Waals surface area contributed by atoms with Crippen LogP contribution in [0, 0.1) is 0 Å². The van der Waals surface area contributed by atoms with Crippen molar-refractivity contribution >= 4 is 29.5 Å². The molecule has 4 heteroatoms. The Morgan fingerprint density at radius 1 is 1.43 bits per heavy atom. The highest BCUT2D eigenvalue weighted by Gasteiger charge is 2.15. The molecule has 0 N–H and O–H groups in total. The SMILES string of the molecule is C=CC(=O)OC1CSCC(=C)CSC1. The molecule has 0 bridgehead atoms. The second kappa shape index (κ2) is 6.19. The zero-order valence-corrected chi connectivity index (χ0v) is 9.66. The van der Waals surface area contributed by atoms with Crippen molar-refractivity contribution < 1.29 is 9.53 Å². The van der Waals surface area contributed by atoms with Crippen molar-refractivity contribution in [3.63, 3.8) is 0 Å². The fourth-order valence-corrected chi connectivity index (χ4v) is 3.23. The Morgan fingerprint density at radius 2 is 2.00 bits per heavy atom. The first kappa shape index (κ1) is 11.7. The van der Waals surface area contributed by atoms with Crippen LogP contribution in [0.1, 0.15) is 0 Å². The van der Waals surface area contributed by atoms with Crippen LogP contribution in [0.3, 0.4) is 0 Å². The molecule has 1 fully saturated rings. The summed E-state index contributed by atoms with van der Waals surface area (Å²) in [6.07, 6.45) is 1.23. The minimum absolute atomic E-state index is 0.0172. The number of esters is 1. The Morgan fingerprint density at radius 3 is 2.50 bits per heavy atom. The number of ether oxygens (including phenoxy) is 1. The third-order valence-electron chi connectivity index (χ3n) is 1.67. The fourth-order valence-electron chi connectivity index (χ4n) is 1.04. The van der Waals surface area contributed by atoms with Crippen LogP contribution in [-0.4, -0.2) is 35.1 Å². The Bertz CT molecular complexity index is 226. The average molecular weight is 230 g/mol. The van der Waals surface area contributed by atoms with Crippen LogP contribution in [0.25, 0.3) is 0 Å². The summed E-state index contributed by atoms with van der Waals surface area (Å²) >= 11 is 3.55. The predicted octanol–water partition coefficient (Wildman–Crippen LogP) is 2.12. The quantitative estimate of drug-likeness (QED) is 0.412. The van der Waals surface area contributed by atoms with Gasteiger partial charge in [0.05, 0.1) is 0 Å². The van der Waals surface area contributed by atoms with E-state index in [1.54, 1.807) is 23.5 Å². The van der Waals surface area contributed by atoms with Crippen LogP contribution >= 0.6 is 23.5 Å². The van der Waals surface area contributed by atoms with Crippen molar-refractivity contribution in [2.75, 3.05) is 23.0 Å². The molecule has 0 amide bonds. The van der Waals surface area contributed by atoms with Crippen LogP contribution in [0.4, 0.5) is 0 Å². The van der Waals surface area contributed by atoms with Gasteiger partial charge in [-0.25, -0.2) is 4.79 Å². The lowest BCUT2D eigenvalue weighted by Crippen LogP contribution is -2.24. The van der Waals surface area contributed by atoms with Crippen molar-refractivity contribution in [2.45, 2.75) is 6.10 Å². The lowest BCUT2D eigenvalue weighted by molar-refractivity contribution is -0.140. The summed E-state index contributed by atoms with van der Waals surface area (Å²) in [4.78, 5) is 11.0. The first-order valence-electron chi connectivity index (χ1n) is 4.37. The normalized spacial score (nSPS) is 19.6. The summed E-state index contributed by atoms with van der Waals surface area (Å²) in [5.74, 6) is 3.32. The molecule has 2 nitrogen and oxygen atoms in total. The highest BCUT2D eigenvalue weighted by Crippen LogP contribution is 2.20. The molecule has 0 aromatic rings. The van der Waals surface area contributed by atoms with Gasteiger partial charge in [0.2, 0.25) is 0 Å². The third-order valence-corrected chi connectivity index (χ3v) is 4.11. The Hall–Kier alpha value is -0.350. The molecule has 1 aliphatic rings. The first-order valence-corrected chi connectivity index (χ1v) is 6.68. The maximum atomic E-state index is 11.0. The van der Waals surface area contributed by atoms with Crippen LogP contribution in [0.15, 0.2) is 24.8 Å². The van der Waals surface area contributed by atoms with Gasteiger partial charge in [-0.3, -0.25) is 0 Å². The summed E-state index contributed by atoms with van der Waals surface area (Å²) in [6, 6.07) is 0. The molecule has 1 saturated heterocycles. The topological polar surface area (TPSA) is 26.3 Å². The first-order chi connectivity index (χ1) is 6.72.